The third-order valence-corrected chi connectivity index (χ3v) is 4.47. The van der Waals surface area contributed by atoms with Gasteiger partial charge in [-0.05, 0) is 60.2 Å². The molecular weight excluding hydrogens is 268 g/mol. The summed E-state index contributed by atoms with van der Waals surface area (Å²) in [6, 6.07) is 11.6. The van der Waals surface area contributed by atoms with Gasteiger partial charge in [-0.1, -0.05) is 18.6 Å². The van der Waals surface area contributed by atoms with Crippen LogP contribution in [0.2, 0.25) is 0 Å². The Bertz CT molecular complexity index is 798. The lowest BCUT2D eigenvalue weighted by Crippen LogP contribution is -2.09. The van der Waals surface area contributed by atoms with Crippen LogP contribution in [-0.4, -0.2) is 4.98 Å². The Balaban J connectivity index is 1.98. The van der Waals surface area contributed by atoms with E-state index in [2.05, 4.69) is 4.98 Å². The lowest BCUT2D eigenvalue weighted by molar-refractivity contribution is 0.423. The second-order valence-electron chi connectivity index (χ2n) is 5.71. The molecule has 1 fully saturated rings. The van der Waals surface area contributed by atoms with Crippen molar-refractivity contribution < 1.29 is 8.78 Å². The van der Waals surface area contributed by atoms with Crippen LogP contribution in [0.4, 0.5) is 8.78 Å². The van der Waals surface area contributed by atoms with Gasteiger partial charge in [0, 0.05) is 5.39 Å². The first-order valence-electron chi connectivity index (χ1n) is 7.30. The maximum atomic E-state index is 14.1. The standard InChI is InChI=1S/C18H15F2N/c19-13-9-7-12(8-10-13)17-16(11-3-1-4-11)14-5-2-6-15(20)18(14)21-17/h2,5-11,21H,1,3-4H2. The summed E-state index contributed by atoms with van der Waals surface area (Å²) in [6.45, 7) is 0. The summed E-state index contributed by atoms with van der Waals surface area (Å²) in [4.78, 5) is 3.22. The minimum absolute atomic E-state index is 0.235. The van der Waals surface area contributed by atoms with E-state index in [0.29, 0.717) is 11.4 Å². The summed E-state index contributed by atoms with van der Waals surface area (Å²) >= 11 is 0. The second-order valence-corrected chi connectivity index (χ2v) is 5.71. The molecule has 2 aromatic carbocycles. The van der Waals surface area contributed by atoms with Crippen molar-refractivity contribution in [3.63, 3.8) is 0 Å². The molecule has 4 rings (SSSR count). The van der Waals surface area contributed by atoms with E-state index in [1.807, 2.05) is 6.07 Å². The van der Waals surface area contributed by atoms with Crippen LogP contribution in [0.5, 0.6) is 0 Å². The summed E-state index contributed by atoms with van der Waals surface area (Å²) in [6.07, 6.45) is 3.49. The Labute approximate surface area is 121 Å². The Morgan fingerprint density at radius 3 is 2.38 bits per heavy atom. The van der Waals surface area contributed by atoms with Crippen molar-refractivity contribution in [1.29, 1.82) is 0 Å². The van der Waals surface area contributed by atoms with E-state index in [9.17, 15) is 8.78 Å². The van der Waals surface area contributed by atoms with Crippen LogP contribution < -0.4 is 0 Å². The number of hydrogen-bond acceptors (Lipinski definition) is 0. The molecule has 106 valence electrons. The molecular formula is C18H15F2N. The molecule has 1 heterocycles. The third kappa shape index (κ3) is 1.96. The fourth-order valence-electron chi connectivity index (χ4n) is 3.17. The Morgan fingerprint density at radius 1 is 0.952 bits per heavy atom. The number of nitrogens with one attached hydrogen (secondary N) is 1. The molecule has 1 N–H and O–H groups in total. The Morgan fingerprint density at radius 2 is 1.71 bits per heavy atom. The lowest BCUT2D eigenvalue weighted by atomic mass is 9.78. The highest BCUT2D eigenvalue weighted by atomic mass is 19.1. The van der Waals surface area contributed by atoms with Gasteiger partial charge in [-0.25, -0.2) is 8.78 Å². The lowest BCUT2D eigenvalue weighted by Gasteiger charge is -2.26. The highest BCUT2D eigenvalue weighted by Crippen LogP contribution is 2.45. The van der Waals surface area contributed by atoms with Gasteiger partial charge < -0.3 is 4.98 Å². The molecule has 1 aliphatic rings. The zero-order chi connectivity index (χ0) is 14.4. The number of benzene rings is 2. The molecule has 0 amide bonds. The van der Waals surface area contributed by atoms with E-state index in [4.69, 9.17) is 0 Å². The topological polar surface area (TPSA) is 15.8 Å². The molecule has 1 saturated carbocycles. The first-order chi connectivity index (χ1) is 10.2. The predicted molar refractivity (Wildman–Crippen MR) is 80.2 cm³/mol. The molecule has 0 atom stereocenters. The van der Waals surface area contributed by atoms with Crippen molar-refractivity contribution in [3.05, 3.63) is 59.7 Å². The zero-order valence-electron chi connectivity index (χ0n) is 11.5. The van der Waals surface area contributed by atoms with E-state index >= 15 is 0 Å². The van der Waals surface area contributed by atoms with E-state index < -0.39 is 0 Å². The number of hydrogen-bond donors (Lipinski definition) is 1. The van der Waals surface area contributed by atoms with E-state index in [1.165, 1.54) is 30.2 Å². The minimum Gasteiger partial charge on any atom is -0.352 e. The highest BCUT2D eigenvalue weighted by molar-refractivity contribution is 5.92. The Hall–Kier alpha value is -2.16. The maximum absolute atomic E-state index is 14.1. The average molecular weight is 283 g/mol. The van der Waals surface area contributed by atoms with Gasteiger partial charge in [0.15, 0.2) is 0 Å². The van der Waals surface area contributed by atoms with Crippen LogP contribution >= 0.6 is 0 Å². The first-order valence-corrected chi connectivity index (χ1v) is 7.30. The summed E-state index contributed by atoms with van der Waals surface area (Å²) in [7, 11) is 0. The van der Waals surface area contributed by atoms with Gasteiger partial charge >= 0.3 is 0 Å². The molecule has 0 unspecified atom stereocenters. The van der Waals surface area contributed by atoms with E-state index in [-0.39, 0.29) is 11.6 Å². The minimum atomic E-state index is -0.258. The van der Waals surface area contributed by atoms with Gasteiger partial charge in [0.1, 0.15) is 11.6 Å². The fraction of sp³-hybridized carbons (Fsp3) is 0.222. The molecule has 0 radical (unpaired) electrons. The number of para-hydroxylation sites is 1. The van der Waals surface area contributed by atoms with Gasteiger partial charge in [-0.2, -0.15) is 0 Å². The van der Waals surface area contributed by atoms with Gasteiger partial charge in [-0.3, -0.25) is 0 Å². The number of H-pyrrole nitrogens is 1. The molecule has 3 heteroatoms. The SMILES string of the molecule is Fc1ccc(-c2[nH]c3c(F)cccc3c2C2CCC2)cc1. The summed E-state index contributed by atoms with van der Waals surface area (Å²) in [5.74, 6) is -0.0201. The van der Waals surface area contributed by atoms with Crippen molar-refractivity contribution in [2.75, 3.05) is 0 Å². The summed E-state index contributed by atoms with van der Waals surface area (Å²) in [5.41, 5.74) is 3.58. The van der Waals surface area contributed by atoms with Crippen LogP contribution in [0.3, 0.4) is 0 Å². The molecule has 0 saturated heterocycles. The maximum Gasteiger partial charge on any atom is 0.147 e. The smallest absolute Gasteiger partial charge is 0.147 e. The number of fused-ring (bicyclic) bond motifs is 1. The number of aromatic amines is 1. The summed E-state index contributed by atoms with van der Waals surface area (Å²) < 4.78 is 27.2. The monoisotopic (exact) mass is 283 g/mol. The molecule has 0 aliphatic heterocycles. The van der Waals surface area contributed by atoms with Gasteiger partial charge in [0.05, 0.1) is 11.2 Å². The van der Waals surface area contributed by atoms with E-state index in [0.717, 1.165) is 29.5 Å². The molecule has 3 aromatic rings. The molecule has 21 heavy (non-hydrogen) atoms. The van der Waals surface area contributed by atoms with Crippen LogP contribution in [0.15, 0.2) is 42.5 Å². The zero-order valence-corrected chi connectivity index (χ0v) is 11.5. The van der Waals surface area contributed by atoms with Gasteiger partial charge in [0.25, 0.3) is 0 Å². The molecule has 0 spiro atoms. The van der Waals surface area contributed by atoms with Crippen LogP contribution in [0.25, 0.3) is 22.2 Å². The van der Waals surface area contributed by atoms with Crippen molar-refractivity contribution in [2.24, 2.45) is 0 Å². The number of rotatable bonds is 2. The van der Waals surface area contributed by atoms with Crippen LogP contribution in [0.1, 0.15) is 30.7 Å². The van der Waals surface area contributed by atoms with Crippen molar-refractivity contribution in [1.82, 2.24) is 4.98 Å². The normalized spacial score (nSPS) is 15.3. The first kappa shape index (κ1) is 12.6. The predicted octanol–water partition coefficient (Wildman–Crippen LogP) is 5.38. The van der Waals surface area contributed by atoms with Crippen LogP contribution in [-0.2, 0) is 0 Å². The third-order valence-electron chi connectivity index (χ3n) is 4.47. The van der Waals surface area contributed by atoms with E-state index in [1.54, 1.807) is 18.2 Å². The molecule has 1 aromatic heterocycles. The number of aromatic nitrogens is 1. The van der Waals surface area contributed by atoms with Crippen LogP contribution in [0, 0.1) is 11.6 Å². The van der Waals surface area contributed by atoms with Gasteiger partial charge in [-0.15, -0.1) is 0 Å². The van der Waals surface area contributed by atoms with Crippen molar-refractivity contribution in [3.8, 4) is 11.3 Å². The highest BCUT2D eigenvalue weighted by Gasteiger charge is 2.27. The van der Waals surface area contributed by atoms with Gasteiger partial charge in [0.2, 0.25) is 0 Å². The van der Waals surface area contributed by atoms with Crippen molar-refractivity contribution in [2.45, 2.75) is 25.2 Å². The largest absolute Gasteiger partial charge is 0.352 e. The Kier molecular flexibility index (Phi) is 2.81. The molecule has 1 aliphatic carbocycles. The number of halogens is 2. The fourth-order valence-corrected chi connectivity index (χ4v) is 3.17. The molecule has 0 bridgehead atoms. The average Bonchev–Trinajstić information content (AvgIpc) is 2.79. The molecule has 1 nitrogen and oxygen atoms in total. The van der Waals surface area contributed by atoms with Crippen molar-refractivity contribution >= 4 is 10.9 Å². The second kappa shape index (κ2) is 4.69. The summed E-state index contributed by atoms with van der Waals surface area (Å²) in [5, 5.41) is 0.957. The quantitative estimate of drug-likeness (QED) is 0.650.